The van der Waals surface area contributed by atoms with Crippen molar-refractivity contribution in [1.29, 1.82) is 0 Å². The van der Waals surface area contributed by atoms with Gasteiger partial charge < -0.3 is 10.1 Å². The van der Waals surface area contributed by atoms with E-state index in [0.29, 0.717) is 18.7 Å². The van der Waals surface area contributed by atoms with Crippen molar-refractivity contribution < 1.29 is 17.9 Å². The maximum atomic E-state index is 13.1. The van der Waals surface area contributed by atoms with Crippen LogP contribution in [0.4, 0.5) is 0 Å². The highest BCUT2D eigenvalue weighted by Crippen LogP contribution is 2.29. The van der Waals surface area contributed by atoms with Gasteiger partial charge in [-0.3, -0.25) is 4.79 Å². The molecule has 1 fully saturated rings. The number of hydrogen-bond acceptors (Lipinski definition) is 4. The lowest BCUT2D eigenvalue weighted by atomic mass is 10.1. The SMILES string of the molecule is COc1ccc(C(=O)NC(C)(C)C)cc1S(=O)(=O)N1CCCCCC1. The summed E-state index contributed by atoms with van der Waals surface area (Å²) in [6.45, 7) is 6.64. The van der Waals surface area contributed by atoms with E-state index >= 15 is 0 Å². The summed E-state index contributed by atoms with van der Waals surface area (Å²) in [6.07, 6.45) is 3.78. The number of benzene rings is 1. The Balaban J connectivity index is 2.40. The van der Waals surface area contributed by atoms with Crippen molar-refractivity contribution in [3.8, 4) is 5.75 Å². The first kappa shape index (κ1) is 19.7. The summed E-state index contributed by atoms with van der Waals surface area (Å²) in [6, 6.07) is 4.55. The molecule has 140 valence electrons. The Morgan fingerprint density at radius 2 is 1.72 bits per heavy atom. The third-order valence-corrected chi connectivity index (χ3v) is 6.02. The zero-order valence-electron chi connectivity index (χ0n) is 15.5. The second-order valence-corrected chi connectivity index (χ2v) is 9.29. The minimum Gasteiger partial charge on any atom is -0.495 e. The Kier molecular flexibility index (Phi) is 6.11. The van der Waals surface area contributed by atoms with Gasteiger partial charge in [0.15, 0.2) is 0 Å². The third-order valence-electron chi connectivity index (χ3n) is 4.10. The molecule has 0 unspecified atom stereocenters. The van der Waals surface area contributed by atoms with Crippen molar-refractivity contribution >= 4 is 15.9 Å². The molecule has 1 aliphatic heterocycles. The van der Waals surface area contributed by atoms with Crippen LogP contribution < -0.4 is 10.1 Å². The van der Waals surface area contributed by atoms with Crippen molar-refractivity contribution in [1.82, 2.24) is 9.62 Å². The number of hydrogen-bond donors (Lipinski definition) is 1. The molecule has 0 atom stereocenters. The Bertz CT molecular complexity index is 715. The fourth-order valence-electron chi connectivity index (χ4n) is 2.85. The summed E-state index contributed by atoms with van der Waals surface area (Å²) in [5.74, 6) is -0.0426. The van der Waals surface area contributed by atoms with Gasteiger partial charge in [0.1, 0.15) is 10.6 Å². The third kappa shape index (κ3) is 4.95. The predicted octanol–water partition coefficient (Wildman–Crippen LogP) is 2.79. The second-order valence-electron chi connectivity index (χ2n) is 7.39. The zero-order valence-corrected chi connectivity index (χ0v) is 16.3. The Morgan fingerprint density at radius 3 is 2.24 bits per heavy atom. The molecule has 1 aromatic carbocycles. The Labute approximate surface area is 150 Å². The molecule has 0 aromatic heterocycles. The van der Waals surface area contributed by atoms with Gasteiger partial charge in [-0.15, -0.1) is 0 Å². The van der Waals surface area contributed by atoms with E-state index in [1.165, 1.54) is 17.5 Å². The summed E-state index contributed by atoms with van der Waals surface area (Å²) in [7, 11) is -2.26. The van der Waals surface area contributed by atoms with Crippen LogP contribution in [0.15, 0.2) is 23.1 Å². The van der Waals surface area contributed by atoms with Crippen LogP contribution in [0.25, 0.3) is 0 Å². The molecular weight excluding hydrogens is 340 g/mol. The van der Waals surface area contributed by atoms with Crippen LogP contribution in [0.3, 0.4) is 0 Å². The lowest BCUT2D eigenvalue weighted by molar-refractivity contribution is 0.0919. The highest BCUT2D eigenvalue weighted by molar-refractivity contribution is 7.89. The van der Waals surface area contributed by atoms with Gasteiger partial charge in [-0.05, 0) is 51.8 Å². The largest absolute Gasteiger partial charge is 0.495 e. The van der Waals surface area contributed by atoms with E-state index in [1.54, 1.807) is 12.1 Å². The van der Waals surface area contributed by atoms with Crippen LogP contribution in [-0.4, -0.2) is 44.4 Å². The molecule has 1 aliphatic rings. The molecule has 1 aromatic rings. The molecular formula is C18H28N2O4S. The number of amides is 1. The van der Waals surface area contributed by atoms with Crippen LogP contribution >= 0.6 is 0 Å². The Hall–Kier alpha value is -1.60. The minimum absolute atomic E-state index is 0.0541. The van der Waals surface area contributed by atoms with E-state index < -0.39 is 15.6 Å². The predicted molar refractivity (Wildman–Crippen MR) is 97.4 cm³/mol. The van der Waals surface area contributed by atoms with E-state index in [2.05, 4.69) is 5.32 Å². The number of methoxy groups -OCH3 is 1. The lowest BCUT2D eigenvalue weighted by Gasteiger charge is -2.23. The van der Waals surface area contributed by atoms with Crippen molar-refractivity contribution in [2.24, 2.45) is 0 Å². The molecule has 0 aliphatic carbocycles. The number of ether oxygens (including phenoxy) is 1. The average molecular weight is 368 g/mol. The molecule has 1 amide bonds. The monoisotopic (exact) mass is 368 g/mol. The second kappa shape index (κ2) is 7.74. The first-order valence-electron chi connectivity index (χ1n) is 8.66. The smallest absolute Gasteiger partial charge is 0.251 e. The fraction of sp³-hybridized carbons (Fsp3) is 0.611. The van der Waals surface area contributed by atoms with E-state index in [0.717, 1.165) is 25.7 Å². The quantitative estimate of drug-likeness (QED) is 0.887. The number of rotatable bonds is 4. The fourth-order valence-corrected chi connectivity index (χ4v) is 4.55. The lowest BCUT2D eigenvalue weighted by Crippen LogP contribution is -2.40. The molecule has 1 heterocycles. The molecule has 0 saturated carbocycles. The van der Waals surface area contributed by atoms with Gasteiger partial charge in [-0.1, -0.05) is 12.8 Å². The van der Waals surface area contributed by atoms with Crippen LogP contribution in [0.2, 0.25) is 0 Å². The number of carbonyl (C=O) groups excluding carboxylic acids is 1. The highest BCUT2D eigenvalue weighted by Gasteiger charge is 2.29. The van der Waals surface area contributed by atoms with Gasteiger partial charge in [-0.2, -0.15) is 4.31 Å². The molecule has 6 nitrogen and oxygen atoms in total. The highest BCUT2D eigenvalue weighted by atomic mass is 32.2. The summed E-state index contributed by atoms with van der Waals surface area (Å²) in [4.78, 5) is 12.5. The van der Waals surface area contributed by atoms with Gasteiger partial charge in [0, 0.05) is 24.2 Å². The van der Waals surface area contributed by atoms with E-state index in [4.69, 9.17) is 4.74 Å². The maximum Gasteiger partial charge on any atom is 0.251 e. The van der Waals surface area contributed by atoms with Crippen LogP contribution in [0.5, 0.6) is 5.75 Å². The van der Waals surface area contributed by atoms with Crippen LogP contribution in [0.1, 0.15) is 56.8 Å². The number of carbonyl (C=O) groups is 1. The van der Waals surface area contributed by atoms with Crippen LogP contribution in [0, 0.1) is 0 Å². The van der Waals surface area contributed by atoms with E-state index in [-0.39, 0.29) is 16.6 Å². The van der Waals surface area contributed by atoms with Crippen molar-refractivity contribution in [2.45, 2.75) is 56.9 Å². The summed E-state index contributed by atoms with van der Waals surface area (Å²) in [5.41, 5.74) is -0.0926. The molecule has 0 radical (unpaired) electrons. The van der Waals surface area contributed by atoms with Gasteiger partial charge in [0.25, 0.3) is 5.91 Å². The first-order chi connectivity index (χ1) is 11.6. The molecule has 1 N–H and O–H groups in total. The van der Waals surface area contributed by atoms with Gasteiger partial charge in [0.05, 0.1) is 7.11 Å². The minimum atomic E-state index is -3.70. The molecule has 1 saturated heterocycles. The summed E-state index contributed by atoms with van der Waals surface area (Å²) in [5, 5.41) is 2.85. The van der Waals surface area contributed by atoms with Crippen molar-refractivity contribution in [2.75, 3.05) is 20.2 Å². The maximum absolute atomic E-state index is 13.1. The topological polar surface area (TPSA) is 75.7 Å². The number of sulfonamides is 1. The average Bonchev–Trinajstić information content (AvgIpc) is 2.82. The molecule has 0 bridgehead atoms. The normalized spacial score (nSPS) is 17.0. The van der Waals surface area contributed by atoms with Gasteiger partial charge in [0.2, 0.25) is 10.0 Å². The van der Waals surface area contributed by atoms with Gasteiger partial charge in [-0.25, -0.2) is 8.42 Å². The van der Waals surface area contributed by atoms with Crippen molar-refractivity contribution in [3.05, 3.63) is 23.8 Å². The summed E-state index contributed by atoms with van der Waals surface area (Å²) < 4.78 is 32.9. The molecule has 7 heteroatoms. The van der Waals surface area contributed by atoms with E-state index in [1.807, 2.05) is 20.8 Å². The number of nitrogens with zero attached hydrogens (tertiary/aromatic N) is 1. The standard InChI is InChI=1S/C18H28N2O4S/c1-18(2,3)19-17(21)14-9-10-15(24-4)16(13-14)25(22,23)20-11-7-5-6-8-12-20/h9-10,13H,5-8,11-12H2,1-4H3,(H,19,21). The molecule has 2 rings (SSSR count). The Morgan fingerprint density at radius 1 is 1.12 bits per heavy atom. The van der Waals surface area contributed by atoms with E-state index in [9.17, 15) is 13.2 Å². The number of nitrogens with one attached hydrogen (secondary N) is 1. The first-order valence-corrected chi connectivity index (χ1v) is 10.1. The summed E-state index contributed by atoms with van der Waals surface area (Å²) >= 11 is 0. The molecule has 0 spiro atoms. The zero-order chi connectivity index (χ0) is 18.7. The molecule has 25 heavy (non-hydrogen) atoms. The van der Waals surface area contributed by atoms with Gasteiger partial charge >= 0.3 is 0 Å². The van der Waals surface area contributed by atoms with Crippen LogP contribution in [-0.2, 0) is 10.0 Å². The van der Waals surface area contributed by atoms with Crippen molar-refractivity contribution in [3.63, 3.8) is 0 Å².